The highest BCUT2D eigenvalue weighted by Crippen LogP contribution is 2.45. The van der Waals surface area contributed by atoms with Crippen LogP contribution < -0.4 is 14.5 Å². The first kappa shape index (κ1) is 25.4. The number of halogens is 3. The molecule has 0 bridgehead atoms. The number of ether oxygens (including phenoxy) is 1. The van der Waals surface area contributed by atoms with Crippen molar-refractivity contribution in [1.82, 2.24) is 0 Å². The summed E-state index contributed by atoms with van der Waals surface area (Å²) in [5, 5.41) is 0.566. The van der Waals surface area contributed by atoms with Gasteiger partial charge in [-0.25, -0.2) is 4.90 Å². The fourth-order valence-electron chi connectivity index (χ4n) is 5.21. The molecule has 5 atom stereocenters. The number of esters is 1. The molecule has 36 heavy (non-hydrogen) atoms. The lowest BCUT2D eigenvalue weighted by atomic mass is 9.81. The van der Waals surface area contributed by atoms with Gasteiger partial charge in [0.2, 0.25) is 17.7 Å². The highest BCUT2D eigenvalue weighted by Gasteiger charge is 2.52. The van der Waals surface area contributed by atoms with Crippen LogP contribution in [0.1, 0.15) is 24.8 Å². The lowest BCUT2D eigenvalue weighted by Crippen LogP contribution is -2.34. The number of carbonyl (C=O) groups is 4. The molecule has 0 spiro atoms. The largest absolute Gasteiger partial charge is 0.426 e. The van der Waals surface area contributed by atoms with Crippen LogP contribution in [0.4, 0.5) is 11.4 Å². The number of amides is 3. The summed E-state index contributed by atoms with van der Waals surface area (Å²) in [6.07, 6.45) is 1.26. The smallest absolute Gasteiger partial charge is 0.316 e. The molecular formula is C26H23Br2ClN2O5. The van der Waals surface area contributed by atoms with E-state index >= 15 is 0 Å². The summed E-state index contributed by atoms with van der Waals surface area (Å²) in [4.78, 5) is 54.7. The van der Waals surface area contributed by atoms with E-state index in [0.29, 0.717) is 40.6 Å². The highest BCUT2D eigenvalue weighted by atomic mass is 79.9. The van der Waals surface area contributed by atoms with Crippen LogP contribution in [-0.2, 0) is 19.2 Å². The number of hydrogen-bond donors (Lipinski definition) is 0. The maximum Gasteiger partial charge on any atom is 0.316 e. The molecular weight excluding hydrogens is 616 g/mol. The van der Waals surface area contributed by atoms with Gasteiger partial charge in [0.1, 0.15) is 5.75 Å². The molecule has 1 aliphatic carbocycles. The maximum absolute atomic E-state index is 13.1. The Morgan fingerprint density at radius 3 is 2.17 bits per heavy atom. The lowest BCUT2D eigenvalue weighted by Gasteiger charge is -2.29. The molecule has 5 rings (SSSR count). The van der Waals surface area contributed by atoms with Gasteiger partial charge in [-0.3, -0.25) is 19.2 Å². The Hall–Kier alpha value is -2.23. The van der Waals surface area contributed by atoms with Gasteiger partial charge in [0.15, 0.2) is 0 Å². The Morgan fingerprint density at radius 1 is 0.972 bits per heavy atom. The summed E-state index contributed by atoms with van der Waals surface area (Å²) < 4.78 is 5.59. The van der Waals surface area contributed by atoms with Crippen LogP contribution >= 0.6 is 43.5 Å². The molecule has 2 aliphatic heterocycles. The maximum atomic E-state index is 13.1. The molecule has 2 aromatic carbocycles. The lowest BCUT2D eigenvalue weighted by molar-refractivity contribution is -0.139. The number of alkyl halides is 2. The van der Waals surface area contributed by atoms with Crippen LogP contribution in [0, 0.1) is 24.7 Å². The predicted octanol–water partition coefficient (Wildman–Crippen LogP) is 5.03. The third kappa shape index (κ3) is 4.61. The second kappa shape index (κ2) is 9.91. The molecule has 3 fully saturated rings. The van der Waals surface area contributed by atoms with Crippen molar-refractivity contribution in [2.45, 2.75) is 35.8 Å². The van der Waals surface area contributed by atoms with Crippen LogP contribution in [0.15, 0.2) is 42.5 Å². The fourth-order valence-corrected chi connectivity index (χ4v) is 6.57. The summed E-state index contributed by atoms with van der Waals surface area (Å²) >= 11 is 13.1. The van der Waals surface area contributed by atoms with Crippen molar-refractivity contribution in [2.24, 2.45) is 17.8 Å². The van der Waals surface area contributed by atoms with Crippen LogP contribution in [-0.4, -0.2) is 39.9 Å². The van der Waals surface area contributed by atoms with Crippen molar-refractivity contribution in [3.63, 3.8) is 0 Å². The van der Waals surface area contributed by atoms with E-state index < -0.39 is 11.9 Å². The van der Waals surface area contributed by atoms with Gasteiger partial charge in [0, 0.05) is 33.3 Å². The minimum absolute atomic E-state index is 0.0568. The third-order valence-electron chi connectivity index (χ3n) is 7.14. The quantitative estimate of drug-likeness (QED) is 0.203. The summed E-state index contributed by atoms with van der Waals surface area (Å²) in [7, 11) is 0. The Balaban J connectivity index is 1.28. The number of benzene rings is 2. The second-order valence-electron chi connectivity index (χ2n) is 9.48. The van der Waals surface area contributed by atoms with E-state index in [1.54, 1.807) is 54.3 Å². The average molecular weight is 639 g/mol. The number of nitrogens with zero attached hydrogens (tertiary/aromatic N) is 2. The minimum atomic E-state index is -0.604. The van der Waals surface area contributed by atoms with Crippen molar-refractivity contribution in [2.75, 3.05) is 16.3 Å². The van der Waals surface area contributed by atoms with Gasteiger partial charge in [0.05, 0.1) is 23.4 Å². The first-order valence-electron chi connectivity index (χ1n) is 11.7. The van der Waals surface area contributed by atoms with E-state index in [4.69, 9.17) is 16.3 Å². The van der Waals surface area contributed by atoms with Crippen molar-refractivity contribution in [3.05, 3.63) is 53.1 Å². The zero-order chi connectivity index (χ0) is 25.7. The fraction of sp³-hybridized carbons (Fsp3) is 0.385. The van der Waals surface area contributed by atoms with E-state index in [1.165, 1.54) is 4.90 Å². The molecule has 2 saturated heterocycles. The first-order chi connectivity index (χ1) is 17.1. The second-order valence-corrected chi connectivity index (χ2v) is 12.3. The highest BCUT2D eigenvalue weighted by molar-refractivity contribution is 9.12. The normalized spacial score (nSPS) is 28.0. The number of imide groups is 1. The average Bonchev–Trinajstić information content (AvgIpc) is 3.33. The van der Waals surface area contributed by atoms with Gasteiger partial charge in [-0.1, -0.05) is 43.5 Å². The zero-order valence-electron chi connectivity index (χ0n) is 19.3. The van der Waals surface area contributed by atoms with E-state index in [1.807, 2.05) is 0 Å². The number of fused-ring (bicyclic) bond motifs is 1. The molecule has 2 heterocycles. The number of rotatable bonds is 4. The standard InChI is InChI=1S/C26H23Br2ClN2O5/c1-13-8-17(36-26(35)14-9-23(32)30(12-14)16-4-2-15(29)3-5-16)6-7-22(13)31-24(33)18-10-20(27)21(28)11-19(18)25(31)34/h2-8,14,18-21H,9-12H2,1H3/t14-,18-,19+,20+,21-/m1/s1. The van der Waals surface area contributed by atoms with Crippen molar-refractivity contribution >= 4 is 78.5 Å². The minimum Gasteiger partial charge on any atom is -0.426 e. The van der Waals surface area contributed by atoms with Crippen LogP contribution in [0.3, 0.4) is 0 Å². The number of hydrogen-bond acceptors (Lipinski definition) is 5. The molecule has 10 heteroatoms. The van der Waals surface area contributed by atoms with Gasteiger partial charge >= 0.3 is 5.97 Å². The van der Waals surface area contributed by atoms with E-state index in [0.717, 1.165) is 0 Å². The van der Waals surface area contributed by atoms with Gasteiger partial charge in [-0.15, -0.1) is 0 Å². The molecule has 3 aliphatic rings. The van der Waals surface area contributed by atoms with E-state index in [-0.39, 0.29) is 52.2 Å². The van der Waals surface area contributed by atoms with Crippen molar-refractivity contribution in [3.8, 4) is 5.75 Å². The van der Waals surface area contributed by atoms with Crippen molar-refractivity contribution < 1.29 is 23.9 Å². The summed E-state index contributed by atoms with van der Waals surface area (Å²) in [6.45, 7) is 2.00. The van der Waals surface area contributed by atoms with Gasteiger partial charge in [0.25, 0.3) is 0 Å². The monoisotopic (exact) mass is 636 g/mol. The molecule has 188 valence electrons. The Bertz CT molecular complexity index is 1230. The van der Waals surface area contributed by atoms with Gasteiger partial charge < -0.3 is 9.64 Å². The van der Waals surface area contributed by atoms with Crippen LogP contribution in [0.2, 0.25) is 5.02 Å². The van der Waals surface area contributed by atoms with Gasteiger partial charge in [-0.2, -0.15) is 0 Å². The molecule has 0 unspecified atom stereocenters. The SMILES string of the molecule is Cc1cc(OC(=O)[C@@H]2CC(=O)N(c3ccc(Cl)cc3)C2)ccc1N1C(=O)[C@H]2C[C@@H](Br)[C@@H](Br)C[C@H]2C1=O. The van der Waals surface area contributed by atoms with E-state index in [2.05, 4.69) is 31.9 Å². The number of carbonyl (C=O) groups excluding carboxylic acids is 4. The molecule has 0 radical (unpaired) electrons. The summed E-state index contributed by atoms with van der Waals surface area (Å²) in [5.74, 6) is -2.01. The predicted molar refractivity (Wildman–Crippen MR) is 143 cm³/mol. The Labute approximate surface area is 230 Å². The molecule has 7 nitrogen and oxygen atoms in total. The van der Waals surface area contributed by atoms with E-state index in [9.17, 15) is 19.2 Å². The van der Waals surface area contributed by atoms with Gasteiger partial charge in [-0.05, 0) is 67.8 Å². The zero-order valence-corrected chi connectivity index (χ0v) is 23.3. The van der Waals surface area contributed by atoms with Crippen LogP contribution in [0.5, 0.6) is 5.75 Å². The molecule has 0 N–H and O–H groups in total. The molecule has 1 saturated carbocycles. The third-order valence-corrected chi connectivity index (χ3v) is 10.1. The molecule has 0 aromatic heterocycles. The Morgan fingerprint density at radius 2 is 1.58 bits per heavy atom. The topological polar surface area (TPSA) is 84.0 Å². The molecule has 3 amide bonds. The summed E-state index contributed by atoms with van der Waals surface area (Å²) in [6, 6.07) is 11.7. The van der Waals surface area contributed by atoms with Crippen molar-refractivity contribution in [1.29, 1.82) is 0 Å². The number of anilines is 2. The summed E-state index contributed by atoms with van der Waals surface area (Å²) in [5.41, 5.74) is 1.83. The first-order valence-corrected chi connectivity index (χ1v) is 13.9. The number of aryl methyl sites for hydroxylation is 1. The molecule has 2 aromatic rings. The Kier molecular flexibility index (Phi) is 7.00. The van der Waals surface area contributed by atoms with Crippen LogP contribution in [0.25, 0.3) is 0 Å².